The topological polar surface area (TPSA) is 76.0 Å². The number of carboxylic acid groups (broad SMARTS) is 1. The number of aromatic carboxylic acids is 1. The van der Waals surface area contributed by atoms with Gasteiger partial charge in [0.1, 0.15) is 23.9 Å². The van der Waals surface area contributed by atoms with Crippen molar-refractivity contribution < 1.29 is 24.5 Å². The molecule has 2 aromatic carbocycles. The fraction of sp³-hybridized carbons (Fsp3) is 0.133. The van der Waals surface area contributed by atoms with Crippen LogP contribution in [0, 0.1) is 0 Å². The van der Waals surface area contributed by atoms with Crippen molar-refractivity contribution in [2.75, 3.05) is 7.11 Å². The Morgan fingerprint density at radius 3 is 2.30 bits per heavy atom. The molecule has 0 amide bonds. The lowest BCUT2D eigenvalue weighted by molar-refractivity contribution is 0.0696. The highest BCUT2D eigenvalue weighted by Gasteiger charge is 2.08. The molecule has 0 radical (unpaired) electrons. The van der Waals surface area contributed by atoms with E-state index in [4.69, 9.17) is 14.6 Å². The minimum atomic E-state index is -1.08. The van der Waals surface area contributed by atoms with Crippen LogP contribution in [0.3, 0.4) is 0 Å². The molecule has 0 saturated heterocycles. The summed E-state index contributed by atoms with van der Waals surface area (Å²) in [4.78, 5) is 10.7. The van der Waals surface area contributed by atoms with Crippen LogP contribution in [0.15, 0.2) is 42.5 Å². The third kappa shape index (κ3) is 3.20. The maximum atomic E-state index is 10.7. The lowest BCUT2D eigenvalue weighted by atomic mass is 10.1. The lowest BCUT2D eigenvalue weighted by Gasteiger charge is -2.09. The Hall–Kier alpha value is -2.69. The van der Waals surface area contributed by atoms with Crippen molar-refractivity contribution in [2.24, 2.45) is 0 Å². The number of hydrogen-bond acceptors (Lipinski definition) is 4. The molecule has 0 aromatic heterocycles. The number of aromatic hydroxyl groups is 1. The van der Waals surface area contributed by atoms with Crippen molar-refractivity contribution in [3.05, 3.63) is 53.6 Å². The maximum Gasteiger partial charge on any atom is 0.335 e. The van der Waals surface area contributed by atoms with Crippen LogP contribution >= 0.6 is 0 Å². The lowest BCUT2D eigenvalue weighted by Crippen LogP contribution is -1.99. The molecule has 0 atom stereocenters. The van der Waals surface area contributed by atoms with Crippen molar-refractivity contribution in [2.45, 2.75) is 6.61 Å². The maximum absolute atomic E-state index is 10.7. The molecule has 2 rings (SSSR count). The van der Waals surface area contributed by atoms with E-state index in [0.717, 1.165) is 5.75 Å². The Morgan fingerprint density at radius 1 is 1.10 bits per heavy atom. The van der Waals surface area contributed by atoms with Crippen LogP contribution in [0.5, 0.6) is 17.2 Å². The zero-order chi connectivity index (χ0) is 14.5. The molecule has 5 heteroatoms. The molecular weight excluding hydrogens is 260 g/mol. The summed E-state index contributed by atoms with van der Waals surface area (Å²) in [5.41, 5.74) is 0.557. The standard InChI is InChI=1S/C15H14O5/c1-19-12-4-6-13(7-5-12)20-9-11-3-2-10(15(17)18)8-14(11)16/h2-8,16H,9H2,1H3,(H,17,18). The second-order valence-corrected chi connectivity index (χ2v) is 4.11. The van der Waals surface area contributed by atoms with Gasteiger partial charge >= 0.3 is 5.97 Å². The van der Waals surface area contributed by atoms with Crippen LogP contribution in [0.1, 0.15) is 15.9 Å². The second-order valence-electron chi connectivity index (χ2n) is 4.11. The van der Waals surface area contributed by atoms with Crippen LogP contribution in [0.25, 0.3) is 0 Å². The van der Waals surface area contributed by atoms with Crippen LogP contribution in [-0.4, -0.2) is 23.3 Å². The van der Waals surface area contributed by atoms with Gasteiger partial charge in [0.2, 0.25) is 0 Å². The summed E-state index contributed by atoms with van der Waals surface area (Å²) in [6.45, 7) is 0.151. The fourth-order valence-corrected chi connectivity index (χ4v) is 1.65. The van der Waals surface area contributed by atoms with E-state index in [1.54, 1.807) is 31.4 Å². The van der Waals surface area contributed by atoms with Gasteiger partial charge in [0.05, 0.1) is 12.7 Å². The summed E-state index contributed by atoms with van der Waals surface area (Å²) in [5.74, 6) is 0.180. The molecule has 0 bridgehead atoms. The number of carboxylic acids is 1. The minimum absolute atomic E-state index is 0.0377. The van der Waals surface area contributed by atoms with E-state index >= 15 is 0 Å². The molecule has 0 aliphatic carbocycles. The summed E-state index contributed by atoms with van der Waals surface area (Å²) < 4.78 is 10.5. The number of carbonyl (C=O) groups is 1. The van der Waals surface area contributed by atoms with E-state index < -0.39 is 5.97 Å². The number of phenols is 1. The highest BCUT2D eigenvalue weighted by Crippen LogP contribution is 2.22. The predicted molar refractivity (Wildman–Crippen MR) is 72.4 cm³/mol. The summed E-state index contributed by atoms with van der Waals surface area (Å²) in [7, 11) is 1.58. The van der Waals surface area contributed by atoms with Crippen LogP contribution < -0.4 is 9.47 Å². The number of benzene rings is 2. The zero-order valence-electron chi connectivity index (χ0n) is 10.9. The van der Waals surface area contributed by atoms with Gasteiger partial charge < -0.3 is 19.7 Å². The summed E-state index contributed by atoms with van der Waals surface area (Å²) in [6, 6.07) is 11.2. The average Bonchev–Trinajstić information content (AvgIpc) is 2.46. The quantitative estimate of drug-likeness (QED) is 0.876. The first-order chi connectivity index (χ1) is 9.60. The van der Waals surface area contributed by atoms with E-state index in [1.165, 1.54) is 18.2 Å². The van der Waals surface area contributed by atoms with Crippen molar-refractivity contribution in [3.8, 4) is 17.2 Å². The Labute approximate surface area is 116 Å². The number of methoxy groups -OCH3 is 1. The Kier molecular flexibility index (Phi) is 4.10. The molecule has 0 spiro atoms. The van der Waals surface area contributed by atoms with Gasteiger partial charge in [-0.3, -0.25) is 0 Å². The van der Waals surface area contributed by atoms with Crippen molar-refractivity contribution in [3.63, 3.8) is 0 Å². The van der Waals surface area contributed by atoms with Gasteiger partial charge in [0.25, 0.3) is 0 Å². The molecule has 0 aliphatic rings. The third-order valence-electron chi connectivity index (χ3n) is 2.79. The SMILES string of the molecule is COc1ccc(OCc2ccc(C(=O)O)cc2O)cc1. The number of phenolic OH excluding ortho intramolecular Hbond substituents is 1. The minimum Gasteiger partial charge on any atom is -0.508 e. The molecule has 20 heavy (non-hydrogen) atoms. The largest absolute Gasteiger partial charge is 0.508 e. The van der Waals surface area contributed by atoms with E-state index in [2.05, 4.69) is 0 Å². The van der Waals surface area contributed by atoms with E-state index in [1.807, 2.05) is 0 Å². The predicted octanol–water partition coefficient (Wildman–Crippen LogP) is 2.68. The Bertz CT molecular complexity index is 604. The van der Waals surface area contributed by atoms with Crippen LogP contribution in [0.4, 0.5) is 0 Å². The van der Waals surface area contributed by atoms with E-state index in [0.29, 0.717) is 11.3 Å². The Balaban J connectivity index is 2.04. The second kappa shape index (κ2) is 5.97. The number of rotatable bonds is 5. The van der Waals surface area contributed by atoms with Crippen LogP contribution in [-0.2, 0) is 6.61 Å². The molecule has 0 unspecified atom stereocenters. The van der Waals surface area contributed by atoms with Crippen molar-refractivity contribution in [1.82, 2.24) is 0 Å². The van der Waals surface area contributed by atoms with Gasteiger partial charge in [0, 0.05) is 5.56 Å². The number of hydrogen-bond donors (Lipinski definition) is 2. The molecule has 0 heterocycles. The van der Waals surface area contributed by atoms with Crippen LogP contribution in [0.2, 0.25) is 0 Å². The monoisotopic (exact) mass is 274 g/mol. The molecule has 0 fully saturated rings. The van der Waals surface area contributed by atoms with E-state index in [-0.39, 0.29) is 17.9 Å². The van der Waals surface area contributed by atoms with Gasteiger partial charge in [-0.25, -0.2) is 4.79 Å². The normalized spacial score (nSPS) is 10.1. The molecular formula is C15H14O5. The van der Waals surface area contributed by atoms with Gasteiger partial charge in [-0.05, 0) is 36.4 Å². The Morgan fingerprint density at radius 2 is 1.75 bits per heavy atom. The fourth-order valence-electron chi connectivity index (χ4n) is 1.65. The zero-order valence-corrected chi connectivity index (χ0v) is 10.9. The third-order valence-corrected chi connectivity index (χ3v) is 2.79. The molecule has 5 nitrogen and oxygen atoms in total. The van der Waals surface area contributed by atoms with Gasteiger partial charge in [-0.15, -0.1) is 0 Å². The van der Waals surface area contributed by atoms with Gasteiger partial charge in [0.15, 0.2) is 0 Å². The smallest absolute Gasteiger partial charge is 0.335 e. The molecule has 104 valence electrons. The molecule has 2 aromatic rings. The molecule has 2 N–H and O–H groups in total. The van der Waals surface area contributed by atoms with Gasteiger partial charge in [-0.1, -0.05) is 6.07 Å². The van der Waals surface area contributed by atoms with Gasteiger partial charge in [-0.2, -0.15) is 0 Å². The summed E-state index contributed by atoms with van der Waals surface area (Å²) in [6.07, 6.45) is 0. The molecule has 0 saturated carbocycles. The highest BCUT2D eigenvalue weighted by molar-refractivity contribution is 5.88. The first kappa shape index (κ1) is 13.7. The number of ether oxygens (including phenoxy) is 2. The highest BCUT2D eigenvalue weighted by atomic mass is 16.5. The first-order valence-corrected chi connectivity index (χ1v) is 5.92. The summed E-state index contributed by atoms with van der Waals surface area (Å²) in [5, 5.41) is 18.5. The molecule has 0 aliphatic heterocycles. The average molecular weight is 274 g/mol. The first-order valence-electron chi connectivity index (χ1n) is 5.92. The summed E-state index contributed by atoms with van der Waals surface area (Å²) >= 11 is 0. The van der Waals surface area contributed by atoms with Crippen molar-refractivity contribution in [1.29, 1.82) is 0 Å². The van der Waals surface area contributed by atoms with E-state index in [9.17, 15) is 9.90 Å². The van der Waals surface area contributed by atoms with Crippen molar-refractivity contribution >= 4 is 5.97 Å².